The Morgan fingerprint density at radius 3 is 2.50 bits per heavy atom. The number of nitriles is 1. The van der Waals surface area contributed by atoms with Gasteiger partial charge in [-0.25, -0.2) is 4.39 Å². The number of halogens is 2. The summed E-state index contributed by atoms with van der Waals surface area (Å²) in [6.07, 6.45) is 8.27. The predicted molar refractivity (Wildman–Crippen MR) is 107 cm³/mol. The van der Waals surface area contributed by atoms with Crippen molar-refractivity contribution < 1.29 is 9.18 Å². The van der Waals surface area contributed by atoms with E-state index in [1.165, 1.54) is 25.0 Å². The molecule has 0 unspecified atom stereocenters. The highest BCUT2D eigenvalue weighted by Gasteiger charge is 2.48. The largest absolute Gasteiger partial charge is 0.326 e. The third-order valence-electron chi connectivity index (χ3n) is 6.99. The summed E-state index contributed by atoms with van der Waals surface area (Å²) in [6, 6.07) is 6.69. The number of hydrogen-bond donors (Lipinski definition) is 1. The summed E-state index contributed by atoms with van der Waals surface area (Å²) >= 11 is 5.86. The van der Waals surface area contributed by atoms with Gasteiger partial charge < -0.3 is 10.2 Å². The van der Waals surface area contributed by atoms with Crippen LogP contribution in [0.15, 0.2) is 18.2 Å². The first-order valence-electron chi connectivity index (χ1n) is 10.3. The van der Waals surface area contributed by atoms with Gasteiger partial charge in [0, 0.05) is 36.3 Å². The van der Waals surface area contributed by atoms with E-state index in [0.29, 0.717) is 11.1 Å². The van der Waals surface area contributed by atoms with E-state index in [1.807, 2.05) is 0 Å². The Morgan fingerprint density at radius 2 is 1.89 bits per heavy atom. The Hall–Kier alpha value is -1.64. The Bertz CT molecular complexity index is 763. The van der Waals surface area contributed by atoms with Crippen LogP contribution in [0.2, 0.25) is 5.02 Å². The highest BCUT2D eigenvalue weighted by atomic mass is 35.5. The predicted octanol–water partition coefficient (Wildman–Crippen LogP) is 4.99. The van der Waals surface area contributed by atoms with E-state index in [9.17, 15) is 14.4 Å². The van der Waals surface area contributed by atoms with Gasteiger partial charge in [0.05, 0.1) is 11.5 Å². The van der Waals surface area contributed by atoms with Gasteiger partial charge in [-0.05, 0) is 62.1 Å². The van der Waals surface area contributed by atoms with Crippen molar-refractivity contribution in [1.29, 1.82) is 5.26 Å². The van der Waals surface area contributed by atoms with Crippen molar-refractivity contribution in [2.24, 2.45) is 16.7 Å². The van der Waals surface area contributed by atoms with Crippen LogP contribution in [-0.2, 0) is 4.79 Å². The smallest absolute Gasteiger partial charge is 0.227 e. The van der Waals surface area contributed by atoms with E-state index in [0.717, 1.165) is 58.2 Å². The fourth-order valence-corrected chi connectivity index (χ4v) is 5.70. The standard InChI is InChI=1S/C22H27ClFN3O/c23-17-9-18(24)11-19(10-17)26-20(28)16-3-7-22(8-4-16)14-27(15-22)13-21(12-25)5-1-2-6-21/h9-11,16H,1-8,13-15H2,(H,26,28). The minimum atomic E-state index is -0.447. The molecule has 0 bridgehead atoms. The number of carbonyl (C=O) groups is 1. The second kappa shape index (κ2) is 7.65. The van der Waals surface area contributed by atoms with E-state index < -0.39 is 5.82 Å². The average molecular weight is 404 g/mol. The Balaban J connectivity index is 1.26. The van der Waals surface area contributed by atoms with Gasteiger partial charge >= 0.3 is 0 Å². The lowest BCUT2D eigenvalue weighted by atomic mass is 9.65. The lowest BCUT2D eigenvalue weighted by Crippen LogP contribution is -2.59. The van der Waals surface area contributed by atoms with Crippen molar-refractivity contribution >= 4 is 23.2 Å². The summed E-state index contributed by atoms with van der Waals surface area (Å²) in [6.45, 7) is 3.03. The van der Waals surface area contributed by atoms with Gasteiger partial charge in [-0.1, -0.05) is 24.4 Å². The van der Waals surface area contributed by atoms with Gasteiger partial charge in [0.2, 0.25) is 5.91 Å². The van der Waals surface area contributed by atoms with Crippen LogP contribution in [0.4, 0.5) is 10.1 Å². The molecule has 1 aromatic rings. The Kier molecular flexibility index (Phi) is 5.37. The molecule has 1 aromatic carbocycles. The van der Waals surface area contributed by atoms with Gasteiger partial charge in [0.15, 0.2) is 0 Å². The van der Waals surface area contributed by atoms with Crippen molar-refractivity contribution in [1.82, 2.24) is 4.90 Å². The molecule has 1 aliphatic heterocycles. The van der Waals surface area contributed by atoms with Crippen LogP contribution < -0.4 is 5.32 Å². The monoisotopic (exact) mass is 403 g/mol. The SMILES string of the molecule is N#CC1(CN2CC3(CCC(C(=O)Nc4cc(F)cc(Cl)c4)CC3)C2)CCCC1. The number of rotatable bonds is 4. The third-order valence-corrected chi connectivity index (χ3v) is 7.21. The second-order valence-electron chi connectivity index (χ2n) is 9.17. The molecule has 0 radical (unpaired) electrons. The summed E-state index contributed by atoms with van der Waals surface area (Å²) in [5, 5.41) is 12.7. The first-order chi connectivity index (χ1) is 13.4. The summed E-state index contributed by atoms with van der Waals surface area (Å²) in [5.74, 6) is -0.513. The molecule has 0 atom stereocenters. The van der Waals surface area contributed by atoms with Crippen LogP contribution in [0, 0.1) is 33.9 Å². The maximum atomic E-state index is 13.5. The average Bonchev–Trinajstić information content (AvgIpc) is 3.09. The second-order valence-corrected chi connectivity index (χ2v) is 9.60. The maximum absolute atomic E-state index is 13.5. The first kappa shape index (κ1) is 19.7. The van der Waals surface area contributed by atoms with E-state index in [2.05, 4.69) is 16.3 Å². The number of anilines is 1. The molecule has 1 saturated heterocycles. The molecule has 4 rings (SSSR count). The van der Waals surface area contributed by atoms with Crippen molar-refractivity contribution in [3.8, 4) is 6.07 Å². The summed E-state index contributed by atoms with van der Waals surface area (Å²) in [4.78, 5) is 15.0. The van der Waals surface area contributed by atoms with Crippen LogP contribution in [0.5, 0.6) is 0 Å². The first-order valence-corrected chi connectivity index (χ1v) is 10.7. The summed E-state index contributed by atoms with van der Waals surface area (Å²) < 4.78 is 13.5. The van der Waals surface area contributed by atoms with E-state index >= 15 is 0 Å². The zero-order valence-electron chi connectivity index (χ0n) is 16.1. The normalized spacial score (nSPS) is 23.9. The molecular weight excluding hydrogens is 377 g/mol. The lowest BCUT2D eigenvalue weighted by molar-refractivity contribution is -0.123. The van der Waals surface area contributed by atoms with E-state index in [1.54, 1.807) is 6.07 Å². The number of carbonyl (C=O) groups excluding carboxylic acids is 1. The zero-order valence-corrected chi connectivity index (χ0v) is 16.9. The van der Waals surface area contributed by atoms with Crippen LogP contribution in [0.25, 0.3) is 0 Å². The van der Waals surface area contributed by atoms with E-state index in [-0.39, 0.29) is 22.3 Å². The molecule has 2 saturated carbocycles. The van der Waals surface area contributed by atoms with Gasteiger partial charge in [-0.15, -0.1) is 0 Å². The van der Waals surface area contributed by atoms with Gasteiger partial charge in [-0.3, -0.25) is 4.79 Å². The molecule has 6 heteroatoms. The van der Waals surface area contributed by atoms with Crippen molar-refractivity contribution in [2.45, 2.75) is 51.4 Å². The molecule has 1 heterocycles. The lowest BCUT2D eigenvalue weighted by Gasteiger charge is -2.54. The minimum absolute atomic E-state index is 0.0259. The number of amides is 1. The molecule has 4 nitrogen and oxygen atoms in total. The Morgan fingerprint density at radius 1 is 1.21 bits per heavy atom. The van der Waals surface area contributed by atoms with Crippen molar-refractivity contribution in [2.75, 3.05) is 25.0 Å². The molecule has 2 aliphatic carbocycles. The van der Waals surface area contributed by atoms with Crippen LogP contribution in [0.3, 0.4) is 0 Å². The number of nitrogens with one attached hydrogen (secondary N) is 1. The van der Waals surface area contributed by atoms with Crippen molar-refractivity contribution in [3.05, 3.63) is 29.0 Å². The highest BCUT2D eigenvalue weighted by molar-refractivity contribution is 6.30. The molecular formula is C22H27ClFN3O. The fraction of sp³-hybridized carbons (Fsp3) is 0.636. The van der Waals surface area contributed by atoms with Crippen molar-refractivity contribution in [3.63, 3.8) is 0 Å². The molecule has 1 spiro atoms. The molecule has 3 fully saturated rings. The fourth-order valence-electron chi connectivity index (χ4n) is 5.48. The van der Waals surface area contributed by atoms with Gasteiger partial charge in [0.25, 0.3) is 0 Å². The van der Waals surface area contributed by atoms with Crippen LogP contribution >= 0.6 is 11.6 Å². The Labute approximate surface area is 171 Å². The summed E-state index contributed by atoms with van der Waals surface area (Å²) in [5.41, 5.74) is 0.627. The molecule has 1 amide bonds. The van der Waals surface area contributed by atoms with Gasteiger partial charge in [0.1, 0.15) is 5.82 Å². The van der Waals surface area contributed by atoms with Gasteiger partial charge in [-0.2, -0.15) is 5.26 Å². The molecule has 0 aromatic heterocycles. The number of nitrogens with zero attached hydrogens (tertiary/aromatic N) is 2. The quantitative estimate of drug-likeness (QED) is 0.770. The summed E-state index contributed by atoms with van der Waals surface area (Å²) in [7, 11) is 0. The number of likely N-dealkylation sites (tertiary alicyclic amines) is 1. The van der Waals surface area contributed by atoms with Crippen LogP contribution in [-0.4, -0.2) is 30.4 Å². The molecule has 3 aliphatic rings. The third kappa shape index (κ3) is 4.04. The maximum Gasteiger partial charge on any atom is 0.227 e. The number of benzene rings is 1. The molecule has 28 heavy (non-hydrogen) atoms. The van der Waals surface area contributed by atoms with E-state index in [4.69, 9.17) is 11.6 Å². The minimum Gasteiger partial charge on any atom is -0.326 e. The zero-order chi connectivity index (χ0) is 19.8. The number of hydrogen-bond acceptors (Lipinski definition) is 3. The highest BCUT2D eigenvalue weighted by Crippen LogP contribution is 2.48. The molecule has 150 valence electrons. The topological polar surface area (TPSA) is 56.1 Å². The molecule has 1 N–H and O–H groups in total. The van der Waals surface area contributed by atoms with Crippen LogP contribution in [0.1, 0.15) is 51.4 Å².